The van der Waals surface area contributed by atoms with Crippen molar-refractivity contribution < 1.29 is 14.4 Å². The van der Waals surface area contributed by atoms with Gasteiger partial charge in [-0.2, -0.15) is 5.10 Å². The van der Waals surface area contributed by atoms with Crippen molar-refractivity contribution in [1.29, 1.82) is 0 Å². The fourth-order valence-corrected chi connectivity index (χ4v) is 4.30. The average Bonchev–Trinajstić information content (AvgIpc) is 3.09. The SMILES string of the molecule is C=CC[C@]1(c2ccccc2)C(C(=O)N(C)OC)=NN2c3cc(Cl)ccc3OC[C@H]21. The number of carbonyl (C=O) groups excluding carboxylic acids is 1. The first-order chi connectivity index (χ1) is 14.0. The van der Waals surface area contributed by atoms with Crippen LogP contribution in [0.25, 0.3) is 0 Å². The average molecular weight is 412 g/mol. The van der Waals surface area contributed by atoms with Crippen molar-refractivity contribution in [3.8, 4) is 5.75 Å². The van der Waals surface area contributed by atoms with Gasteiger partial charge in [-0.25, -0.2) is 5.06 Å². The molecule has 0 aliphatic carbocycles. The maximum atomic E-state index is 13.3. The van der Waals surface area contributed by atoms with E-state index in [2.05, 4.69) is 6.58 Å². The molecule has 0 spiro atoms. The van der Waals surface area contributed by atoms with E-state index in [1.165, 1.54) is 12.2 Å². The number of fused-ring (bicyclic) bond motifs is 3. The highest BCUT2D eigenvalue weighted by atomic mass is 35.5. The van der Waals surface area contributed by atoms with Crippen LogP contribution in [0.2, 0.25) is 5.02 Å². The van der Waals surface area contributed by atoms with Crippen molar-refractivity contribution in [2.45, 2.75) is 17.9 Å². The van der Waals surface area contributed by atoms with Gasteiger partial charge in [0.2, 0.25) is 0 Å². The quantitative estimate of drug-likeness (QED) is 0.554. The highest BCUT2D eigenvalue weighted by Gasteiger charge is 2.57. The lowest BCUT2D eigenvalue weighted by Gasteiger charge is -2.41. The Hall–Kier alpha value is -2.83. The topological polar surface area (TPSA) is 54.4 Å². The molecule has 0 bridgehead atoms. The van der Waals surface area contributed by atoms with E-state index in [1.54, 1.807) is 13.1 Å². The van der Waals surface area contributed by atoms with E-state index >= 15 is 0 Å². The Bertz CT molecular complexity index is 979. The minimum atomic E-state index is -0.743. The first kappa shape index (κ1) is 19.5. The number of allylic oxidation sites excluding steroid dienone is 1. The van der Waals surface area contributed by atoms with E-state index in [-0.39, 0.29) is 11.9 Å². The number of nitrogens with zero attached hydrogens (tertiary/aromatic N) is 3. The molecule has 1 amide bonds. The van der Waals surface area contributed by atoms with Gasteiger partial charge in [-0.05, 0) is 30.2 Å². The summed E-state index contributed by atoms with van der Waals surface area (Å²) in [6, 6.07) is 15.1. The van der Waals surface area contributed by atoms with E-state index in [0.717, 1.165) is 11.3 Å². The number of hydroxylamine groups is 2. The minimum Gasteiger partial charge on any atom is -0.489 e. The number of hydrogen-bond acceptors (Lipinski definition) is 5. The summed E-state index contributed by atoms with van der Waals surface area (Å²) in [5.74, 6) is 0.375. The van der Waals surface area contributed by atoms with Gasteiger partial charge in [-0.1, -0.05) is 48.0 Å². The molecule has 0 aromatic heterocycles. The van der Waals surface area contributed by atoms with Crippen LogP contribution in [-0.4, -0.2) is 43.5 Å². The van der Waals surface area contributed by atoms with Crippen molar-refractivity contribution in [3.05, 3.63) is 71.8 Å². The van der Waals surface area contributed by atoms with E-state index < -0.39 is 5.41 Å². The summed E-state index contributed by atoms with van der Waals surface area (Å²) in [5, 5.41) is 8.43. The molecule has 2 atom stereocenters. The maximum Gasteiger partial charge on any atom is 0.294 e. The Labute approximate surface area is 174 Å². The second kappa shape index (κ2) is 7.54. The molecule has 0 fully saturated rings. The van der Waals surface area contributed by atoms with Crippen LogP contribution in [0.5, 0.6) is 5.75 Å². The summed E-state index contributed by atoms with van der Waals surface area (Å²) in [5.41, 5.74) is 1.35. The zero-order valence-electron chi connectivity index (χ0n) is 16.3. The standard InChI is InChI=1S/C22H22ClN3O3/c1-4-12-22(15-8-6-5-7-9-15)19-14-29-18-11-10-16(23)13-17(18)26(19)24-20(22)21(27)25(2)28-3/h4-11,13,19H,1,12,14H2,2-3H3/t19-,22+/m0/s1. The summed E-state index contributed by atoms with van der Waals surface area (Å²) in [6.45, 7) is 4.33. The molecule has 2 aliphatic heterocycles. The number of carbonyl (C=O) groups is 1. The highest BCUT2D eigenvalue weighted by Crippen LogP contribution is 2.48. The van der Waals surface area contributed by atoms with Gasteiger partial charge in [0.15, 0.2) is 0 Å². The van der Waals surface area contributed by atoms with Crippen molar-refractivity contribution in [2.24, 2.45) is 5.10 Å². The van der Waals surface area contributed by atoms with Crippen LogP contribution in [0.1, 0.15) is 12.0 Å². The van der Waals surface area contributed by atoms with Crippen LogP contribution in [0.15, 0.2) is 66.3 Å². The summed E-state index contributed by atoms with van der Waals surface area (Å²) >= 11 is 6.25. The zero-order chi connectivity index (χ0) is 20.6. The van der Waals surface area contributed by atoms with E-state index in [1.807, 2.05) is 53.5 Å². The van der Waals surface area contributed by atoms with Crippen molar-refractivity contribution in [3.63, 3.8) is 0 Å². The van der Waals surface area contributed by atoms with Gasteiger partial charge in [-0.15, -0.1) is 6.58 Å². The first-order valence-corrected chi connectivity index (χ1v) is 9.70. The molecular weight excluding hydrogens is 390 g/mol. The fourth-order valence-electron chi connectivity index (χ4n) is 4.14. The summed E-state index contributed by atoms with van der Waals surface area (Å²) in [7, 11) is 3.03. The molecule has 0 unspecified atom stereocenters. The summed E-state index contributed by atoms with van der Waals surface area (Å²) in [4.78, 5) is 18.5. The molecule has 150 valence electrons. The van der Waals surface area contributed by atoms with E-state index in [0.29, 0.717) is 29.5 Å². The molecule has 0 saturated carbocycles. The monoisotopic (exact) mass is 411 g/mol. The van der Waals surface area contributed by atoms with Gasteiger partial charge in [0, 0.05) is 12.1 Å². The van der Waals surface area contributed by atoms with Crippen LogP contribution in [0.4, 0.5) is 5.69 Å². The maximum absolute atomic E-state index is 13.3. The van der Waals surface area contributed by atoms with Gasteiger partial charge < -0.3 is 4.74 Å². The van der Waals surface area contributed by atoms with Crippen LogP contribution >= 0.6 is 11.6 Å². The molecule has 2 heterocycles. The normalized spacial score (nSPS) is 22.2. The van der Waals surface area contributed by atoms with Crippen LogP contribution in [0, 0.1) is 0 Å². The van der Waals surface area contributed by atoms with Crippen LogP contribution < -0.4 is 9.75 Å². The number of halogens is 1. The highest BCUT2D eigenvalue weighted by molar-refractivity contribution is 6.43. The molecular formula is C22H22ClN3O3. The van der Waals surface area contributed by atoms with Gasteiger partial charge in [0.1, 0.15) is 29.8 Å². The Morgan fingerprint density at radius 2 is 2.17 bits per heavy atom. The molecule has 0 radical (unpaired) electrons. The van der Waals surface area contributed by atoms with Crippen molar-refractivity contribution in [2.75, 3.05) is 25.8 Å². The number of hydrazone groups is 1. The molecule has 0 N–H and O–H groups in total. The van der Waals surface area contributed by atoms with Gasteiger partial charge in [0.05, 0.1) is 12.5 Å². The van der Waals surface area contributed by atoms with Gasteiger partial charge >= 0.3 is 0 Å². The largest absolute Gasteiger partial charge is 0.489 e. The second-order valence-corrected chi connectivity index (χ2v) is 7.48. The summed E-state index contributed by atoms with van der Waals surface area (Å²) in [6.07, 6.45) is 2.33. The third-order valence-electron chi connectivity index (χ3n) is 5.58. The Balaban J connectivity index is 1.94. The minimum absolute atomic E-state index is 0.238. The van der Waals surface area contributed by atoms with Crippen LogP contribution in [-0.2, 0) is 15.0 Å². The van der Waals surface area contributed by atoms with Gasteiger partial charge in [-0.3, -0.25) is 14.6 Å². The predicted octanol–water partition coefficient (Wildman–Crippen LogP) is 3.81. The van der Waals surface area contributed by atoms with Crippen molar-refractivity contribution >= 4 is 28.9 Å². The van der Waals surface area contributed by atoms with Crippen LogP contribution in [0.3, 0.4) is 0 Å². The fraction of sp³-hybridized carbons (Fsp3) is 0.273. The third kappa shape index (κ3) is 2.99. The molecule has 0 saturated heterocycles. The Morgan fingerprint density at radius 3 is 2.86 bits per heavy atom. The number of rotatable bonds is 5. The molecule has 6 nitrogen and oxygen atoms in total. The number of ether oxygens (including phenoxy) is 1. The second-order valence-electron chi connectivity index (χ2n) is 7.05. The molecule has 7 heteroatoms. The number of amides is 1. The molecule has 29 heavy (non-hydrogen) atoms. The zero-order valence-corrected chi connectivity index (χ0v) is 17.1. The third-order valence-corrected chi connectivity index (χ3v) is 5.81. The lowest BCUT2D eigenvalue weighted by molar-refractivity contribution is -0.160. The van der Waals surface area contributed by atoms with Gasteiger partial charge in [0.25, 0.3) is 5.91 Å². The first-order valence-electron chi connectivity index (χ1n) is 9.32. The van der Waals surface area contributed by atoms with E-state index in [4.69, 9.17) is 26.3 Å². The molecule has 4 rings (SSSR count). The predicted molar refractivity (Wildman–Crippen MR) is 113 cm³/mol. The molecule has 2 aromatic carbocycles. The molecule has 2 aromatic rings. The smallest absolute Gasteiger partial charge is 0.294 e. The number of hydrogen-bond donors (Lipinski definition) is 0. The lowest BCUT2D eigenvalue weighted by atomic mass is 9.68. The molecule has 2 aliphatic rings. The lowest BCUT2D eigenvalue weighted by Crippen LogP contribution is -2.55. The van der Waals surface area contributed by atoms with Crippen molar-refractivity contribution in [1.82, 2.24) is 5.06 Å². The van der Waals surface area contributed by atoms with E-state index in [9.17, 15) is 4.79 Å². The number of benzene rings is 2. The number of anilines is 1. The Kier molecular flexibility index (Phi) is 5.06. The summed E-state index contributed by atoms with van der Waals surface area (Å²) < 4.78 is 6.07. The Morgan fingerprint density at radius 1 is 1.41 bits per heavy atom.